The van der Waals surface area contributed by atoms with Crippen molar-refractivity contribution in [1.29, 1.82) is 0 Å². The number of carbonyl (C=O) groups excluding carboxylic acids is 1. The first-order valence-corrected chi connectivity index (χ1v) is 10.5. The van der Waals surface area contributed by atoms with Gasteiger partial charge in [0, 0.05) is 19.8 Å². The molecule has 2 aromatic heterocycles. The van der Waals surface area contributed by atoms with Crippen LogP contribution in [0.1, 0.15) is 17.5 Å². The minimum absolute atomic E-state index is 0.0525. The van der Waals surface area contributed by atoms with Crippen molar-refractivity contribution in [3.63, 3.8) is 0 Å². The van der Waals surface area contributed by atoms with Crippen LogP contribution in [0, 0.1) is 0 Å². The third kappa shape index (κ3) is 4.95. The minimum atomic E-state index is -0.481. The van der Waals surface area contributed by atoms with Gasteiger partial charge in [0.15, 0.2) is 0 Å². The second-order valence-electron chi connectivity index (χ2n) is 7.75. The van der Waals surface area contributed by atoms with E-state index in [1.54, 1.807) is 24.4 Å². The van der Waals surface area contributed by atoms with Gasteiger partial charge >= 0.3 is 6.09 Å². The number of fused-ring (bicyclic) bond motifs is 2. The molecule has 0 saturated heterocycles. The van der Waals surface area contributed by atoms with Gasteiger partial charge in [-0.05, 0) is 74.0 Å². The molecule has 32 heavy (non-hydrogen) atoms. The Balaban J connectivity index is 1.37. The Labute approximate surface area is 185 Å². The molecule has 1 N–H and O–H groups in total. The van der Waals surface area contributed by atoms with Crippen molar-refractivity contribution in [3.8, 4) is 5.75 Å². The number of nitrogens with zero attached hydrogens (tertiary/aromatic N) is 2. The molecule has 0 aliphatic carbocycles. The number of amides is 1. The van der Waals surface area contributed by atoms with Crippen molar-refractivity contribution in [2.24, 2.45) is 0 Å². The maximum atomic E-state index is 12.6. The molecule has 7 heteroatoms. The van der Waals surface area contributed by atoms with Crippen LogP contribution in [0.2, 0.25) is 0 Å². The average molecular weight is 431 g/mol. The Morgan fingerprint density at radius 1 is 1.09 bits per heavy atom. The molecule has 0 atom stereocenters. The third-order valence-electron chi connectivity index (χ3n) is 5.28. The highest BCUT2D eigenvalue weighted by atomic mass is 16.5. The number of aromatic nitrogens is 1. The Morgan fingerprint density at radius 3 is 2.81 bits per heavy atom. The molecule has 0 radical (unpaired) electrons. The highest BCUT2D eigenvalue weighted by molar-refractivity contribution is 5.88. The molecule has 7 nitrogen and oxygen atoms in total. The van der Waals surface area contributed by atoms with Crippen molar-refractivity contribution >= 4 is 28.2 Å². The van der Waals surface area contributed by atoms with Crippen LogP contribution < -0.4 is 15.5 Å². The number of nitrogens with one attached hydrogen (secondary N) is 1. The van der Waals surface area contributed by atoms with Gasteiger partial charge in [-0.1, -0.05) is 18.2 Å². The average Bonchev–Trinajstić information content (AvgIpc) is 2.79. The minimum Gasteiger partial charge on any atom is -0.437 e. The van der Waals surface area contributed by atoms with Crippen LogP contribution >= 0.6 is 0 Å². The number of rotatable bonds is 7. The van der Waals surface area contributed by atoms with Crippen LogP contribution in [-0.2, 0) is 13.0 Å². The van der Waals surface area contributed by atoms with E-state index < -0.39 is 6.09 Å². The molecule has 4 rings (SSSR count). The lowest BCUT2D eigenvalue weighted by atomic mass is 10.1. The van der Waals surface area contributed by atoms with Crippen LogP contribution in [0.25, 0.3) is 22.1 Å². The lowest BCUT2D eigenvalue weighted by Gasteiger charge is -2.17. The zero-order valence-corrected chi connectivity index (χ0v) is 18.1. The summed E-state index contributed by atoms with van der Waals surface area (Å²) >= 11 is 0. The Kier molecular flexibility index (Phi) is 6.47. The molecule has 2 aromatic carbocycles. The topological polar surface area (TPSA) is 84.7 Å². The summed E-state index contributed by atoms with van der Waals surface area (Å²) in [6.45, 7) is 1.64. The van der Waals surface area contributed by atoms with Crippen LogP contribution in [0.3, 0.4) is 0 Å². The molecule has 1 amide bonds. The summed E-state index contributed by atoms with van der Waals surface area (Å²) in [5, 5.41) is 3.51. The first kappa shape index (κ1) is 21.5. The van der Waals surface area contributed by atoms with Crippen molar-refractivity contribution < 1.29 is 13.9 Å². The number of ether oxygens (including phenoxy) is 1. The van der Waals surface area contributed by atoms with Gasteiger partial charge in [-0.25, -0.2) is 9.78 Å². The van der Waals surface area contributed by atoms with E-state index in [9.17, 15) is 9.59 Å². The predicted molar refractivity (Wildman–Crippen MR) is 124 cm³/mol. The summed E-state index contributed by atoms with van der Waals surface area (Å²) < 4.78 is 11.0. The van der Waals surface area contributed by atoms with Crippen LogP contribution in [-0.4, -0.2) is 36.6 Å². The van der Waals surface area contributed by atoms with Gasteiger partial charge in [-0.2, -0.15) is 0 Å². The summed E-state index contributed by atoms with van der Waals surface area (Å²) in [4.78, 5) is 30.4. The molecule has 164 valence electrons. The maximum absolute atomic E-state index is 12.6. The van der Waals surface area contributed by atoms with Crippen molar-refractivity contribution in [1.82, 2.24) is 15.2 Å². The summed E-state index contributed by atoms with van der Waals surface area (Å²) in [7, 11) is 3.59. The fraction of sp³-hybridized carbons (Fsp3) is 0.240. The van der Waals surface area contributed by atoms with E-state index in [0.29, 0.717) is 27.8 Å². The molecule has 0 aliphatic heterocycles. The lowest BCUT2D eigenvalue weighted by molar-refractivity contribution is 0.203. The molecule has 0 fully saturated rings. The van der Waals surface area contributed by atoms with Gasteiger partial charge in [-0.3, -0.25) is 4.79 Å². The SMILES string of the molecule is CNC(=O)Oc1cccc(CN(C)CCCc2ccc3c(=O)c4cccnc4oc3c2)c1. The van der Waals surface area contributed by atoms with Gasteiger partial charge < -0.3 is 19.4 Å². The second-order valence-corrected chi connectivity index (χ2v) is 7.75. The van der Waals surface area contributed by atoms with E-state index in [2.05, 4.69) is 22.2 Å². The molecular weight excluding hydrogens is 406 g/mol. The molecule has 2 heterocycles. The first-order valence-electron chi connectivity index (χ1n) is 10.5. The number of hydrogen-bond acceptors (Lipinski definition) is 6. The lowest BCUT2D eigenvalue weighted by Crippen LogP contribution is -2.22. The highest BCUT2D eigenvalue weighted by Gasteiger charge is 2.09. The molecule has 0 aliphatic rings. The van der Waals surface area contributed by atoms with Gasteiger partial charge in [0.05, 0.1) is 10.8 Å². The van der Waals surface area contributed by atoms with E-state index in [4.69, 9.17) is 9.15 Å². The highest BCUT2D eigenvalue weighted by Crippen LogP contribution is 2.19. The molecule has 0 spiro atoms. The van der Waals surface area contributed by atoms with E-state index in [1.807, 2.05) is 36.4 Å². The number of pyridine rings is 1. The molecule has 0 bridgehead atoms. The van der Waals surface area contributed by atoms with E-state index in [0.717, 1.165) is 37.1 Å². The van der Waals surface area contributed by atoms with Crippen molar-refractivity contribution in [2.75, 3.05) is 20.6 Å². The van der Waals surface area contributed by atoms with Gasteiger partial charge in [0.25, 0.3) is 0 Å². The Hall–Kier alpha value is -3.71. The smallest absolute Gasteiger partial charge is 0.412 e. The monoisotopic (exact) mass is 431 g/mol. The third-order valence-corrected chi connectivity index (χ3v) is 5.28. The van der Waals surface area contributed by atoms with E-state index in [1.165, 1.54) is 7.05 Å². The summed E-state index contributed by atoms with van der Waals surface area (Å²) in [6.07, 6.45) is 2.96. The standard InChI is InChI=1S/C25H25N3O4/c1-26-25(30)31-19-8-3-6-18(14-19)16-28(2)13-5-7-17-10-11-20-22(15-17)32-24-21(23(20)29)9-4-12-27-24/h3-4,6,8-12,14-15H,5,7,13,16H2,1-2H3,(H,26,30). The van der Waals surface area contributed by atoms with Gasteiger partial charge in [0.2, 0.25) is 11.1 Å². The first-order chi connectivity index (χ1) is 15.5. The van der Waals surface area contributed by atoms with Crippen LogP contribution in [0.15, 0.2) is 70.0 Å². The van der Waals surface area contributed by atoms with Gasteiger partial charge in [-0.15, -0.1) is 0 Å². The van der Waals surface area contributed by atoms with Crippen LogP contribution in [0.4, 0.5) is 4.79 Å². The molecule has 0 saturated carbocycles. The molecule has 0 unspecified atom stereocenters. The van der Waals surface area contributed by atoms with E-state index >= 15 is 0 Å². The van der Waals surface area contributed by atoms with E-state index in [-0.39, 0.29) is 5.43 Å². The summed E-state index contributed by atoms with van der Waals surface area (Å²) in [5.74, 6) is 0.523. The fourth-order valence-corrected chi connectivity index (χ4v) is 3.70. The van der Waals surface area contributed by atoms with Gasteiger partial charge in [0.1, 0.15) is 11.3 Å². The number of carbonyl (C=O) groups is 1. The van der Waals surface area contributed by atoms with Crippen molar-refractivity contribution in [2.45, 2.75) is 19.4 Å². The Bertz CT molecular complexity index is 1320. The molecule has 4 aromatic rings. The van der Waals surface area contributed by atoms with Crippen LogP contribution in [0.5, 0.6) is 5.75 Å². The number of aryl methyl sites for hydroxylation is 1. The Morgan fingerprint density at radius 2 is 1.97 bits per heavy atom. The largest absolute Gasteiger partial charge is 0.437 e. The summed E-state index contributed by atoms with van der Waals surface area (Å²) in [5.41, 5.74) is 3.07. The maximum Gasteiger partial charge on any atom is 0.412 e. The second kappa shape index (κ2) is 9.62. The zero-order chi connectivity index (χ0) is 22.5. The fourth-order valence-electron chi connectivity index (χ4n) is 3.70. The molecular formula is C25H25N3O4. The summed E-state index contributed by atoms with van der Waals surface area (Å²) in [6, 6.07) is 16.7. The number of hydrogen-bond donors (Lipinski definition) is 1. The normalized spacial score (nSPS) is 11.2. The zero-order valence-electron chi connectivity index (χ0n) is 18.1. The number of benzene rings is 2. The quantitative estimate of drug-likeness (QED) is 0.443. The predicted octanol–water partition coefficient (Wildman–Crippen LogP) is 4.12. The van der Waals surface area contributed by atoms with Crippen molar-refractivity contribution in [3.05, 3.63) is 82.1 Å².